The second kappa shape index (κ2) is 11.7. The van der Waals surface area contributed by atoms with Gasteiger partial charge in [-0.15, -0.1) is 0 Å². The van der Waals surface area contributed by atoms with E-state index in [0.717, 1.165) is 22.7 Å². The molecule has 0 aromatic heterocycles. The molecule has 1 N–H and O–H groups in total. The molecule has 0 aliphatic carbocycles. The summed E-state index contributed by atoms with van der Waals surface area (Å²) >= 11 is 0. The maximum Gasteiger partial charge on any atom is 0.264 e. The number of ether oxygens (including phenoxy) is 1. The van der Waals surface area contributed by atoms with Gasteiger partial charge in [-0.05, 0) is 49.1 Å². The Morgan fingerprint density at radius 1 is 0.971 bits per heavy atom. The third kappa shape index (κ3) is 6.38. The Balaban J connectivity index is 1.81. The van der Waals surface area contributed by atoms with Crippen LogP contribution in [0.2, 0.25) is 0 Å². The molecule has 1 atom stereocenters. The third-order valence-corrected chi connectivity index (χ3v) is 7.56. The molecule has 1 unspecified atom stereocenters. The van der Waals surface area contributed by atoms with Crippen molar-refractivity contribution in [3.8, 4) is 5.75 Å². The molecular weight excluding hydrogens is 448 g/mol. The predicted octanol–water partition coefficient (Wildman–Crippen LogP) is 4.58. The van der Waals surface area contributed by atoms with Crippen molar-refractivity contribution >= 4 is 21.6 Å². The molecule has 0 radical (unpaired) electrons. The Morgan fingerprint density at radius 2 is 1.62 bits per heavy atom. The van der Waals surface area contributed by atoms with Gasteiger partial charge < -0.3 is 10.1 Å². The van der Waals surface area contributed by atoms with Gasteiger partial charge in [0, 0.05) is 6.54 Å². The van der Waals surface area contributed by atoms with E-state index in [1.165, 1.54) is 12.7 Å². The first-order valence-electron chi connectivity index (χ1n) is 11.4. The highest BCUT2D eigenvalue weighted by Gasteiger charge is 2.29. The zero-order chi connectivity index (χ0) is 24.6. The fraction of sp³-hybridized carbons (Fsp3) is 0.296. The number of aryl methyl sites for hydroxylation is 1. The van der Waals surface area contributed by atoms with E-state index >= 15 is 0 Å². The maximum absolute atomic E-state index is 13.6. The SMILES string of the molecule is CCC(CNC(=O)CN(c1ccccc1OC)S(=O)(=O)c1ccc(C)cc1)Cc1ccccc1. The van der Waals surface area contributed by atoms with Gasteiger partial charge in [0.2, 0.25) is 5.91 Å². The summed E-state index contributed by atoms with van der Waals surface area (Å²) in [6, 6.07) is 23.5. The molecule has 0 bridgehead atoms. The van der Waals surface area contributed by atoms with Gasteiger partial charge in [0.1, 0.15) is 12.3 Å². The molecule has 0 heterocycles. The molecule has 0 saturated carbocycles. The lowest BCUT2D eigenvalue weighted by Gasteiger charge is -2.26. The van der Waals surface area contributed by atoms with Crippen molar-refractivity contribution in [1.29, 1.82) is 0 Å². The zero-order valence-electron chi connectivity index (χ0n) is 19.9. The first kappa shape index (κ1) is 25.3. The van der Waals surface area contributed by atoms with Crippen LogP contribution in [-0.2, 0) is 21.2 Å². The quantitative estimate of drug-likeness (QED) is 0.436. The number of nitrogens with zero attached hydrogens (tertiary/aromatic N) is 1. The number of hydrogen-bond donors (Lipinski definition) is 1. The molecule has 7 heteroatoms. The number of carbonyl (C=O) groups excluding carboxylic acids is 1. The molecule has 1 amide bonds. The molecule has 0 spiro atoms. The van der Waals surface area contributed by atoms with E-state index in [1.54, 1.807) is 48.5 Å². The van der Waals surface area contributed by atoms with Crippen LogP contribution in [0.25, 0.3) is 0 Å². The van der Waals surface area contributed by atoms with Crippen molar-refractivity contribution in [2.75, 3.05) is 24.5 Å². The normalized spacial score (nSPS) is 12.1. The molecular formula is C27H32N2O4S. The van der Waals surface area contributed by atoms with Gasteiger partial charge >= 0.3 is 0 Å². The van der Waals surface area contributed by atoms with Crippen LogP contribution in [0.4, 0.5) is 5.69 Å². The summed E-state index contributed by atoms with van der Waals surface area (Å²) in [7, 11) is -2.52. The van der Waals surface area contributed by atoms with Crippen LogP contribution in [0.1, 0.15) is 24.5 Å². The molecule has 0 aliphatic heterocycles. The standard InChI is InChI=1S/C27H32N2O4S/c1-4-22(18-23-10-6-5-7-11-23)19-28-27(30)20-29(25-12-8-9-13-26(25)33-3)34(31,32)24-16-14-21(2)15-17-24/h5-17,22H,4,18-20H2,1-3H3,(H,28,30). The summed E-state index contributed by atoms with van der Waals surface area (Å²) in [4.78, 5) is 13.1. The van der Waals surface area contributed by atoms with E-state index in [9.17, 15) is 13.2 Å². The lowest BCUT2D eigenvalue weighted by molar-refractivity contribution is -0.119. The third-order valence-electron chi connectivity index (χ3n) is 5.78. The number of amides is 1. The molecule has 3 aromatic rings. The number of sulfonamides is 1. The smallest absolute Gasteiger partial charge is 0.264 e. The van der Waals surface area contributed by atoms with Gasteiger partial charge in [0.15, 0.2) is 0 Å². The molecule has 34 heavy (non-hydrogen) atoms. The molecule has 0 aliphatic rings. The number of benzene rings is 3. The van der Waals surface area contributed by atoms with Gasteiger partial charge in [0.05, 0.1) is 17.7 Å². The van der Waals surface area contributed by atoms with Crippen LogP contribution < -0.4 is 14.4 Å². The average Bonchev–Trinajstić information content (AvgIpc) is 2.85. The van der Waals surface area contributed by atoms with Crippen molar-refractivity contribution in [1.82, 2.24) is 5.32 Å². The van der Waals surface area contributed by atoms with E-state index in [4.69, 9.17) is 4.74 Å². The van der Waals surface area contributed by atoms with Crippen molar-refractivity contribution in [2.45, 2.75) is 31.6 Å². The van der Waals surface area contributed by atoms with Crippen molar-refractivity contribution in [2.24, 2.45) is 5.92 Å². The number of anilines is 1. The molecule has 3 rings (SSSR count). The molecule has 6 nitrogen and oxygen atoms in total. The van der Waals surface area contributed by atoms with Crippen LogP contribution in [0.3, 0.4) is 0 Å². The monoisotopic (exact) mass is 480 g/mol. The fourth-order valence-electron chi connectivity index (χ4n) is 3.73. The Bertz CT molecular complexity index is 1180. The summed E-state index contributed by atoms with van der Waals surface area (Å²) in [6.45, 7) is 4.09. The minimum atomic E-state index is -4.00. The van der Waals surface area contributed by atoms with Crippen LogP contribution in [-0.4, -0.2) is 34.5 Å². The zero-order valence-corrected chi connectivity index (χ0v) is 20.7. The van der Waals surface area contributed by atoms with E-state index in [2.05, 4.69) is 24.4 Å². The van der Waals surface area contributed by atoms with Crippen molar-refractivity contribution in [3.05, 3.63) is 90.0 Å². The van der Waals surface area contributed by atoms with E-state index in [-0.39, 0.29) is 23.3 Å². The van der Waals surface area contributed by atoms with Crippen LogP contribution in [0.5, 0.6) is 5.75 Å². The molecule has 0 saturated heterocycles. The highest BCUT2D eigenvalue weighted by atomic mass is 32.2. The van der Waals surface area contributed by atoms with Gasteiger partial charge in [0.25, 0.3) is 10.0 Å². The number of carbonyl (C=O) groups is 1. The van der Waals surface area contributed by atoms with E-state index in [0.29, 0.717) is 18.0 Å². The van der Waals surface area contributed by atoms with Crippen molar-refractivity contribution in [3.63, 3.8) is 0 Å². The van der Waals surface area contributed by atoms with E-state index < -0.39 is 10.0 Å². The summed E-state index contributed by atoms with van der Waals surface area (Å²) < 4.78 is 33.7. The Kier molecular flexibility index (Phi) is 8.71. The average molecular weight is 481 g/mol. The number of hydrogen-bond acceptors (Lipinski definition) is 4. The largest absolute Gasteiger partial charge is 0.495 e. The number of methoxy groups -OCH3 is 1. The Hall–Kier alpha value is -3.32. The lowest BCUT2D eigenvalue weighted by atomic mass is 9.97. The first-order chi connectivity index (χ1) is 16.3. The minimum absolute atomic E-state index is 0.118. The van der Waals surface area contributed by atoms with Crippen LogP contribution >= 0.6 is 0 Å². The Morgan fingerprint density at radius 3 is 2.26 bits per heavy atom. The topological polar surface area (TPSA) is 75.7 Å². The second-order valence-electron chi connectivity index (χ2n) is 8.26. The second-order valence-corrected chi connectivity index (χ2v) is 10.1. The molecule has 3 aromatic carbocycles. The van der Waals surface area contributed by atoms with Gasteiger partial charge in [-0.3, -0.25) is 9.10 Å². The number of nitrogens with one attached hydrogen (secondary N) is 1. The van der Waals surface area contributed by atoms with Gasteiger partial charge in [-0.25, -0.2) is 8.42 Å². The highest BCUT2D eigenvalue weighted by Crippen LogP contribution is 2.32. The van der Waals surface area contributed by atoms with Crippen LogP contribution in [0.15, 0.2) is 83.8 Å². The van der Waals surface area contributed by atoms with Crippen LogP contribution in [0, 0.1) is 12.8 Å². The van der Waals surface area contributed by atoms with Crippen molar-refractivity contribution < 1.29 is 17.9 Å². The molecule has 180 valence electrons. The fourth-order valence-corrected chi connectivity index (χ4v) is 5.16. The summed E-state index contributed by atoms with van der Waals surface area (Å²) in [5, 5.41) is 2.94. The van der Waals surface area contributed by atoms with Gasteiger partial charge in [-0.2, -0.15) is 0 Å². The molecule has 0 fully saturated rings. The lowest BCUT2D eigenvalue weighted by Crippen LogP contribution is -2.42. The first-order valence-corrected chi connectivity index (χ1v) is 12.8. The van der Waals surface area contributed by atoms with E-state index in [1.807, 2.05) is 25.1 Å². The predicted molar refractivity (Wildman–Crippen MR) is 136 cm³/mol. The summed E-state index contributed by atoms with van der Waals surface area (Å²) in [5.41, 5.74) is 2.47. The highest BCUT2D eigenvalue weighted by molar-refractivity contribution is 7.92. The maximum atomic E-state index is 13.6. The summed E-state index contributed by atoms with van der Waals surface area (Å²) in [5.74, 6) is 0.259. The number of para-hydroxylation sites is 2. The minimum Gasteiger partial charge on any atom is -0.495 e. The summed E-state index contributed by atoms with van der Waals surface area (Å²) in [6.07, 6.45) is 1.74. The van der Waals surface area contributed by atoms with Gasteiger partial charge in [-0.1, -0.05) is 73.5 Å². The number of rotatable bonds is 11. The Labute approximate surface area is 202 Å².